The molecule has 1 amide bonds. The molecule has 0 heterocycles. The zero-order valence-electron chi connectivity index (χ0n) is 14.8. The van der Waals surface area contributed by atoms with Gasteiger partial charge in [-0.3, -0.25) is 4.79 Å². The summed E-state index contributed by atoms with van der Waals surface area (Å²) in [5.74, 6) is 3.64. The van der Waals surface area contributed by atoms with E-state index in [9.17, 15) is 4.79 Å². The third kappa shape index (κ3) is 2.21. The number of nitrogens with one attached hydrogen (secondary N) is 1. The lowest BCUT2D eigenvalue weighted by molar-refractivity contribution is -0.109. The van der Waals surface area contributed by atoms with Crippen LogP contribution in [-0.4, -0.2) is 12.1 Å². The van der Waals surface area contributed by atoms with Crippen LogP contribution in [0.3, 0.4) is 0 Å². The van der Waals surface area contributed by atoms with Gasteiger partial charge in [-0.15, -0.1) is 0 Å². The van der Waals surface area contributed by atoms with Crippen LogP contribution >= 0.6 is 0 Å². The van der Waals surface area contributed by atoms with Crippen LogP contribution < -0.4 is 5.43 Å². The van der Waals surface area contributed by atoms with Crippen LogP contribution in [0.1, 0.15) is 78.1 Å². The van der Waals surface area contributed by atoms with Crippen LogP contribution in [0, 0.1) is 34.5 Å². The minimum Gasteiger partial charge on any atom is -0.277 e. The molecular formula is C20H32N2O. The molecule has 0 aromatic carbocycles. The summed E-state index contributed by atoms with van der Waals surface area (Å²) in [6.07, 6.45) is 14.5. The summed E-state index contributed by atoms with van der Waals surface area (Å²) in [7, 11) is 0. The van der Waals surface area contributed by atoms with E-state index in [1.165, 1.54) is 63.5 Å². The van der Waals surface area contributed by atoms with Crippen LogP contribution in [0.2, 0.25) is 0 Å². The zero-order valence-corrected chi connectivity index (χ0v) is 14.8. The topological polar surface area (TPSA) is 41.5 Å². The van der Waals surface area contributed by atoms with Gasteiger partial charge in [-0.05, 0) is 80.5 Å². The van der Waals surface area contributed by atoms with Gasteiger partial charge in [0.15, 0.2) is 0 Å². The van der Waals surface area contributed by atoms with E-state index in [1.54, 1.807) is 0 Å². The van der Waals surface area contributed by atoms with Crippen molar-refractivity contribution in [3.05, 3.63) is 0 Å². The van der Waals surface area contributed by atoms with E-state index in [4.69, 9.17) is 0 Å². The highest BCUT2D eigenvalue weighted by Crippen LogP contribution is 2.65. The number of amides is 1. The van der Waals surface area contributed by atoms with E-state index in [1.807, 2.05) is 0 Å². The molecular weight excluding hydrogens is 284 g/mol. The van der Waals surface area contributed by atoms with Gasteiger partial charge in [-0.25, -0.2) is 5.43 Å². The number of nitrogens with zero attached hydrogens (tertiary/aromatic N) is 1. The average Bonchev–Trinajstić information content (AvgIpc) is 2.89. The Kier molecular flexibility index (Phi) is 3.81. The molecule has 0 radical (unpaired) electrons. The second kappa shape index (κ2) is 5.60. The van der Waals surface area contributed by atoms with Gasteiger partial charge in [0.1, 0.15) is 0 Å². The summed E-state index contributed by atoms with van der Waals surface area (Å²) >= 11 is 0. The third-order valence-corrected chi connectivity index (χ3v) is 8.58. The summed E-state index contributed by atoms with van der Waals surface area (Å²) in [4.78, 5) is 10.6. The number of rotatable bonds is 2. The fraction of sp³-hybridized carbons (Fsp3) is 0.900. The molecule has 4 aliphatic rings. The summed E-state index contributed by atoms with van der Waals surface area (Å²) in [6.45, 7) is 5.07. The predicted molar refractivity (Wildman–Crippen MR) is 93.0 cm³/mol. The van der Waals surface area contributed by atoms with E-state index in [0.29, 0.717) is 11.8 Å². The summed E-state index contributed by atoms with van der Waals surface area (Å²) in [5.41, 5.74) is 4.71. The quantitative estimate of drug-likeness (QED) is 0.590. The van der Waals surface area contributed by atoms with Crippen molar-refractivity contribution in [3.63, 3.8) is 0 Å². The fourth-order valence-electron chi connectivity index (χ4n) is 7.37. The summed E-state index contributed by atoms with van der Waals surface area (Å²) < 4.78 is 0. The Morgan fingerprint density at radius 3 is 2.74 bits per heavy atom. The van der Waals surface area contributed by atoms with Crippen LogP contribution in [0.5, 0.6) is 0 Å². The highest BCUT2D eigenvalue weighted by molar-refractivity contribution is 5.92. The molecule has 4 saturated carbocycles. The van der Waals surface area contributed by atoms with Gasteiger partial charge in [-0.2, -0.15) is 5.10 Å². The molecule has 3 heteroatoms. The third-order valence-electron chi connectivity index (χ3n) is 8.58. The second-order valence-corrected chi connectivity index (χ2v) is 9.20. The van der Waals surface area contributed by atoms with Crippen molar-refractivity contribution in [1.29, 1.82) is 0 Å². The Morgan fingerprint density at radius 2 is 1.91 bits per heavy atom. The van der Waals surface area contributed by atoms with Gasteiger partial charge < -0.3 is 0 Å². The van der Waals surface area contributed by atoms with Crippen molar-refractivity contribution in [2.24, 2.45) is 39.6 Å². The molecule has 128 valence electrons. The number of carbonyl (C=O) groups is 1. The van der Waals surface area contributed by atoms with Crippen LogP contribution in [0.15, 0.2) is 5.10 Å². The van der Waals surface area contributed by atoms with Crippen LogP contribution in [0.25, 0.3) is 0 Å². The summed E-state index contributed by atoms with van der Waals surface area (Å²) in [6, 6.07) is 0. The zero-order chi connectivity index (χ0) is 16.1. The Hall–Kier alpha value is -0.860. The lowest BCUT2D eigenvalue weighted by Crippen LogP contribution is -2.52. The van der Waals surface area contributed by atoms with Gasteiger partial charge in [0.25, 0.3) is 0 Å². The maximum absolute atomic E-state index is 10.6. The van der Waals surface area contributed by atoms with Crippen molar-refractivity contribution in [2.45, 2.75) is 78.1 Å². The molecule has 1 N–H and O–H groups in total. The molecule has 3 nitrogen and oxygen atoms in total. The Morgan fingerprint density at radius 1 is 1.04 bits per heavy atom. The Bertz CT molecular complexity index is 516. The summed E-state index contributed by atoms with van der Waals surface area (Å²) in [5, 5.41) is 4.43. The monoisotopic (exact) mass is 316 g/mol. The molecule has 0 aliphatic heterocycles. The number of carbonyl (C=O) groups excluding carboxylic acids is 1. The molecule has 0 bridgehead atoms. The average molecular weight is 316 g/mol. The van der Waals surface area contributed by atoms with E-state index >= 15 is 0 Å². The van der Waals surface area contributed by atoms with E-state index < -0.39 is 0 Å². The van der Waals surface area contributed by atoms with E-state index in [0.717, 1.165) is 30.1 Å². The molecule has 23 heavy (non-hydrogen) atoms. The molecule has 6 unspecified atom stereocenters. The van der Waals surface area contributed by atoms with Crippen molar-refractivity contribution in [1.82, 2.24) is 5.43 Å². The minimum absolute atomic E-state index is 0.245. The highest BCUT2D eigenvalue weighted by atomic mass is 16.1. The van der Waals surface area contributed by atoms with Gasteiger partial charge >= 0.3 is 0 Å². The standard InChI is InChI=1S/C20H32N2O/c1-19-11-4-3-5-14(19)6-7-15-16-8-9-18(22-21-13-23)20(16,2)12-10-17(15)19/h13-17H,3-12H2,1-2H3,(H,21,23). The van der Waals surface area contributed by atoms with Gasteiger partial charge in [0.05, 0.1) is 0 Å². The molecule has 4 aliphatic carbocycles. The smallest absolute Gasteiger partial charge is 0.227 e. The second-order valence-electron chi connectivity index (χ2n) is 9.20. The Labute approximate surface area is 140 Å². The largest absolute Gasteiger partial charge is 0.277 e. The molecule has 4 fully saturated rings. The fourth-order valence-corrected chi connectivity index (χ4v) is 7.37. The van der Waals surface area contributed by atoms with Crippen LogP contribution in [0.4, 0.5) is 0 Å². The number of hydrogen-bond acceptors (Lipinski definition) is 2. The van der Waals surface area contributed by atoms with E-state index in [2.05, 4.69) is 24.4 Å². The first-order valence-electron chi connectivity index (χ1n) is 9.86. The number of hydrazone groups is 1. The molecule has 6 atom stereocenters. The molecule has 0 aromatic heterocycles. The first-order valence-corrected chi connectivity index (χ1v) is 9.86. The molecule has 4 rings (SSSR count). The number of hydrogen-bond donors (Lipinski definition) is 1. The van der Waals surface area contributed by atoms with Gasteiger partial charge in [0, 0.05) is 11.1 Å². The normalized spacial score (nSPS) is 50.8. The van der Waals surface area contributed by atoms with Crippen molar-refractivity contribution >= 4 is 12.1 Å². The maximum Gasteiger partial charge on any atom is 0.227 e. The highest BCUT2D eigenvalue weighted by Gasteiger charge is 2.58. The van der Waals surface area contributed by atoms with Crippen molar-refractivity contribution in [2.75, 3.05) is 0 Å². The molecule has 0 saturated heterocycles. The maximum atomic E-state index is 10.6. The van der Waals surface area contributed by atoms with Gasteiger partial charge in [-0.1, -0.05) is 26.7 Å². The van der Waals surface area contributed by atoms with Crippen molar-refractivity contribution < 1.29 is 4.79 Å². The van der Waals surface area contributed by atoms with Gasteiger partial charge in [0.2, 0.25) is 6.41 Å². The van der Waals surface area contributed by atoms with E-state index in [-0.39, 0.29) is 5.41 Å². The minimum atomic E-state index is 0.245. The molecule has 0 aromatic rings. The SMILES string of the molecule is CC12CCC3C(CCC4CCCCC43C)C1CCC2=NNC=O. The lowest BCUT2D eigenvalue weighted by atomic mass is 9.45. The molecule has 0 spiro atoms. The predicted octanol–water partition coefficient (Wildman–Crippen LogP) is 4.52. The first kappa shape index (κ1) is 15.7. The van der Waals surface area contributed by atoms with Crippen LogP contribution in [-0.2, 0) is 4.79 Å². The Balaban J connectivity index is 1.61. The lowest BCUT2D eigenvalue weighted by Gasteiger charge is -2.59. The first-order chi connectivity index (χ1) is 11.1. The van der Waals surface area contributed by atoms with Crippen molar-refractivity contribution in [3.8, 4) is 0 Å². The number of fused-ring (bicyclic) bond motifs is 5.